The SMILES string of the molecule is CCn1ccnc1C(NN)c1cnn(C)c1N. The number of nitrogen functional groups attached to an aromatic ring is 1. The van der Waals surface area contributed by atoms with E-state index in [0.717, 1.165) is 17.9 Å². The van der Waals surface area contributed by atoms with Gasteiger partial charge in [0.15, 0.2) is 0 Å². The number of nitrogens with two attached hydrogens (primary N) is 2. The van der Waals surface area contributed by atoms with Gasteiger partial charge in [-0.15, -0.1) is 0 Å². The van der Waals surface area contributed by atoms with Gasteiger partial charge >= 0.3 is 0 Å². The molecule has 0 aliphatic rings. The molecule has 0 aliphatic heterocycles. The summed E-state index contributed by atoms with van der Waals surface area (Å²) in [5.41, 5.74) is 9.51. The summed E-state index contributed by atoms with van der Waals surface area (Å²) in [4.78, 5) is 4.31. The smallest absolute Gasteiger partial charge is 0.131 e. The van der Waals surface area contributed by atoms with Gasteiger partial charge in [0.05, 0.1) is 6.20 Å². The van der Waals surface area contributed by atoms with E-state index in [9.17, 15) is 0 Å². The molecule has 0 aliphatic carbocycles. The maximum absolute atomic E-state index is 5.94. The minimum atomic E-state index is -0.251. The summed E-state index contributed by atoms with van der Waals surface area (Å²) in [5, 5.41) is 4.11. The minimum absolute atomic E-state index is 0.251. The van der Waals surface area contributed by atoms with Crippen LogP contribution in [-0.2, 0) is 13.6 Å². The van der Waals surface area contributed by atoms with Crippen LogP contribution in [-0.4, -0.2) is 19.3 Å². The molecule has 1 atom stereocenters. The Morgan fingerprint density at radius 2 is 2.29 bits per heavy atom. The zero-order chi connectivity index (χ0) is 12.4. The molecule has 2 heterocycles. The van der Waals surface area contributed by atoms with Crippen molar-refractivity contribution < 1.29 is 0 Å². The fourth-order valence-electron chi connectivity index (χ4n) is 1.84. The van der Waals surface area contributed by atoms with Crippen LogP contribution in [0.4, 0.5) is 5.82 Å². The molecule has 0 fully saturated rings. The molecule has 2 rings (SSSR count). The molecule has 0 saturated heterocycles. The molecule has 0 amide bonds. The summed E-state index contributed by atoms with van der Waals surface area (Å²) in [6.07, 6.45) is 5.36. The highest BCUT2D eigenvalue weighted by atomic mass is 15.3. The molecule has 0 spiro atoms. The highest BCUT2D eigenvalue weighted by Gasteiger charge is 2.21. The van der Waals surface area contributed by atoms with Crippen molar-refractivity contribution in [1.82, 2.24) is 24.8 Å². The summed E-state index contributed by atoms with van der Waals surface area (Å²) in [5.74, 6) is 7.01. The molecule has 2 aromatic rings. The third-order valence-corrected chi connectivity index (χ3v) is 2.84. The van der Waals surface area contributed by atoms with Gasteiger partial charge in [0.25, 0.3) is 0 Å². The number of anilines is 1. The second-order valence-electron chi connectivity index (χ2n) is 3.78. The van der Waals surface area contributed by atoms with E-state index >= 15 is 0 Å². The Morgan fingerprint density at radius 3 is 2.82 bits per heavy atom. The first-order chi connectivity index (χ1) is 8.19. The van der Waals surface area contributed by atoms with Gasteiger partial charge in [0.2, 0.25) is 0 Å². The van der Waals surface area contributed by atoms with Gasteiger partial charge in [-0.25, -0.2) is 10.4 Å². The predicted molar refractivity (Wildman–Crippen MR) is 64.7 cm³/mol. The van der Waals surface area contributed by atoms with Crippen LogP contribution < -0.4 is 17.0 Å². The van der Waals surface area contributed by atoms with Crippen molar-refractivity contribution in [2.75, 3.05) is 5.73 Å². The third kappa shape index (κ3) is 1.90. The summed E-state index contributed by atoms with van der Waals surface area (Å²) in [6.45, 7) is 2.87. The zero-order valence-corrected chi connectivity index (χ0v) is 9.96. The number of aromatic nitrogens is 4. The Labute approximate surface area is 99.4 Å². The number of rotatable bonds is 4. The van der Waals surface area contributed by atoms with Crippen LogP contribution in [0.25, 0.3) is 0 Å². The summed E-state index contributed by atoms with van der Waals surface area (Å²) < 4.78 is 3.62. The van der Waals surface area contributed by atoms with E-state index in [4.69, 9.17) is 11.6 Å². The number of nitrogens with one attached hydrogen (secondary N) is 1. The van der Waals surface area contributed by atoms with Crippen LogP contribution in [0, 0.1) is 0 Å². The molecule has 0 saturated carbocycles. The van der Waals surface area contributed by atoms with Crippen LogP contribution in [0.1, 0.15) is 24.4 Å². The van der Waals surface area contributed by atoms with Crippen LogP contribution in [0.3, 0.4) is 0 Å². The fraction of sp³-hybridized carbons (Fsp3) is 0.400. The first-order valence-corrected chi connectivity index (χ1v) is 5.43. The van der Waals surface area contributed by atoms with Gasteiger partial charge in [0.1, 0.15) is 17.7 Å². The molecule has 2 aromatic heterocycles. The second kappa shape index (κ2) is 4.56. The van der Waals surface area contributed by atoms with E-state index in [0.29, 0.717) is 5.82 Å². The van der Waals surface area contributed by atoms with Gasteiger partial charge in [-0.05, 0) is 6.92 Å². The first kappa shape index (κ1) is 11.6. The molecule has 92 valence electrons. The molecule has 7 nitrogen and oxygen atoms in total. The van der Waals surface area contributed by atoms with Gasteiger partial charge in [0, 0.05) is 31.5 Å². The number of imidazole rings is 1. The van der Waals surface area contributed by atoms with Crippen molar-refractivity contribution in [3.05, 3.63) is 30.0 Å². The average molecular weight is 235 g/mol. The van der Waals surface area contributed by atoms with Crippen LogP contribution in [0.2, 0.25) is 0 Å². The summed E-state index contributed by atoms with van der Waals surface area (Å²) >= 11 is 0. The van der Waals surface area contributed by atoms with Crippen molar-refractivity contribution in [2.24, 2.45) is 12.9 Å². The summed E-state index contributed by atoms with van der Waals surface area (Å²) in [6, 6.07) is -0.251. The van der Waals surface area contributed by atoms with Gasteiger partial charge in [-0.2, -0.15) is 5.10 Å². The molecule has 7 heteroatoms. The maximum Gasteiger partial charge on any atom is 0.131 e. The summed E-state index contributed by atoms with van der Waals surface area (Å²) in [7, 11) is 1.79. The van der Waals surface area contributed by atoms with Gasteiger partial charge in [-0.1, -0.05) is 0 Å². The zero-order valence-electron chi connectivity index (χ0n) is 9.96. The average Bonchev–Trinajstić information content (AvgIpc) is 2.92. The van der Waals surface area contributed by atoms with Crippen LogP contribution in [0.15, 0.2) is 18.6 Å². The third-order valence-electron chi connectivity index (χ3n) is 2.84. The monoisotopic (exact) mass is 235 g/mol. The Balaban J connectivity index is 2.44. The van der Waals surface area contributed by atoms with Crippen molar-refractivity contribution in [2.45, 2.75) is 19.5 Å². The lowest BCUT2D eigenvalue weighted by atomic mass is 10.1. The Kier molecular flexibility index (Phi) is 3.12. The quantitative estimate of drug-likeness (QED) is 0.502. The number of hydrazine groups is 1. The molecule has 1 unspecified atom stereocenters. The normalized spacial score (nSPS) is 12.9. The van der Waals surface area contributed by atoms with E-state index in [-0.39, 0.29) is 6.04 Å². The largest absolute Gasteiger partial charge is 0.384 e. The lowest BCUT2D eigenvalue weighted by Crippen LogP contribution is -2.31. The van der Waals surface area contributed by atoms with E-state index < -0.39 is 0 Å². The van der Waals surface area contributed by atoms with E-state index in [1.54, 1.807) is 24.1 Å². The van der Waals surface area contributed by atoms with Crippen molar-refractivity contribution in [3.63, 3.8) is 0 Å². The lowest BCUT2D eigenvalue weighted by molar-refractivity contribution is 0.562. The van der Waals surface area contributed by atoms with Gasteiger partial charge in [-0.3, -0.25) is 10.5 Å². The molecule has 0 aromatic carbocycles. The number of hydrogen-bond donors (Lipinski definition) is 3. The fourth-order valence-corrected chi connectivity index (χ4v) is 1.84. The Morgan fingerprint density at radius 1 is 1.53 bits per heavy atom. The molecule has 0 radical (unpaired) electrons. The number of nitrogens with zero attached hydrogens (tertiary/aromatic N) is 4. The topological polar surface area (TPSA) is 99.7 Å². The molecular formula is C10H17N7. The second-order valence-corrected chi connectivity index (χ2v) is 3.78. The Hall–Kier alpha value is -1.86. The Bertz CT molecular complexity index is 498. The molecule has 17 heavy (non-hydrogen) atoms. The number of hydrogen-bond acceptors (Lipinski definition) is 5. The van der Waals surface area contributed by atoms with E-state index in [1.165, 1.54) is 0 Å². The molecule has 5 N–H and O–H groups in total. The van der Waals surface area contributed by atoms with Gasteiger partial charge < -0.3 is 10.3 Å². The lowest BCUT2D eigenvalue weighted by Gasteiger charge is -2.16. The first-order valence-electron chi connectivity index (χ1n) is 5.43. The molecule has 0 bridgehead atoms. The highest BCUT2D eigenvalue weighted by molar-refractivity contribution is 5.43. The van der Waals surface area contributed by atoms with Crippen molar-refractivity contribution in [1.29, 1.82) is 0 Å². The van der Waals surface area contributed by atoms with E-state index in [1.807, 2.05) is 17.7 Å². The highest BCUT2D eigenvalue weighted by Crippen LogP contribution is 2.24. The van der Waals surface area contributed by atoms with Crippen LogP contribution in [0.5, 0.6) is 0 Å². The van der Waals surface area contributed by atoms with Crippen molar-refractivity contribution >= 4 is 5.82 Å². The van der Waals surface area contributed by atoms with Crippen molar-refractivity contribution in [3.8, 4) is 0 Å². The maximum atomic E-state index is 5.94. The minimum Gasteiger partial charge on any atom is -0.384 e. The predicted octanol–water partition coefficient (Wildman–Crippen LogP) is -0.229. The standard InChI is InChI=1S/C10H17N7/c1-3-17-5-4-13-10(17)8(15-12)7-6-14-16(2)9(7)11/h4-6,8,15H,3,11-12H2,1-2H3. The number of aryl methyl sites for hydroxylation is 2. The molecular weight excluding hydrogens is 218 g/mol. The van der Waals surface area contributed by atoms with E-state index in [2.05, 4.69) is 15.5 Å². The van der Waals surface area contributed by atoms with Crippen LogP contribution >= 0.6 is 0 Å².